The monoisotopic (exact) mass is 446 g/mol. The molecule has 0 saturated heterocycles. The van der Waals surface area contributed by atoms with E-state index in [-0.39, 0.29) is 31.1 Å². The van der Waals surface area contributed by atoms with Gasteiger partial charge in [0.1, 0.15) is 12.7 Å². The summed E-state index contributed by atoms with van der Waals surface area (Å²) in [7, 11) is 0. The summed E-state index contributed by atoms with van der Waals surface area (Å²) in [5.74, 6) is -0.163. The second kappa shape index (κ2) is 18.7. The molecule has 4 heteroatoms. The van der Waals surface area contributed by atoms with Crippen molar-refractivity contribution in [3.8, 4) is 0 Å². The van der Waals surface area contributed by atoms with Gasteiger partial charge in [-0.15, -0.1) is 0 Å². The van der Waals surface area contributed by atoms with Crippen molar-refractivity contribution >= 4 is 11.9 Å². The van der Waals surface area contributed by atoms with Crippen LogP contribution in [0.3, 0.4) is 0 Å². The lowest BCUT2D eigenvalue weighted by molar-refractivity contribution is -0.156. The third kappa shape index (κ3) is 15.0. The Balaban J connectivity index is 2.43. The maximum absolute atomic E-state index is 12.5. The molecule has 0 amide bonds. The van der Waals surface area contributed by atoms with Crippen LogP contribution in [0.15, 0.2) is 30.3 Å². The van der Waals surface area contributed by atoms with Crippen molar-refractivity contribution in [2.75, 3.05) is 0 Å². The smallest absolute Gasteiger partial charge is 0.309 e. The summed E-state index contributed by atoms with van der Waals surface area (Å²) in [5.41, 5.74) is 0.960. The van der Waals surface area contributed by atoms with E-state index in [1.54, 1.807) is 0 Å². The van der Waals surface area contributed by atoms with E-state index in [9.17, 15) is 9.59 Å². The van der Waals surface area contributed by atoms with Crippen molar-refractivity contribution in [3.05, 3.63) is 35.9 Å². The van der Waals surface area contributed by atoms with Crippen LogP contribution in [-0.2, 0) is 25.7 Å². The molecular weight excluding hydrogens is 400 g/mol. The standard InChI is InChI=1S/C28H46O4/c1-4-6-8-10-13-17-24(3)21-28(30)32-26(20-16-11-9-7-5-2)22-27(29)31-23-25-18-14-12-15-19-25/h12,14-15,18-19,24,26H,4-11,13,16-17,20-23H2,1-3H3/t24-,26-/m1/s1. The fourth-order valence-corrected chi connectivity index (χ4v) is 3.88. The van der Waals surface area contributed by atoms with Gasteiger partial charge in [-0.05, 0) is 24.3 Å². The Bertz CT molecular complexity index is 599. The molecule has 32 heavy (non-hydrogen) atoms. The van der Waals surface area contributed by atoms with Crippen LogP contribution in [0.4, 0.5) is 0 Å². The summed E-state index contributed by atoms with van der Waals surface area (Å²) < 4.78 is 11.2. The van der Waals surface area contributed by atoms with Gasteiger partial charge in [0, 0.05) is 6.42 Å². The van der Waals surface area contributed by atoms with E-state index >= 15 is 0 Å². The highest BCUT2D eigenvalue weighted by atomic mass is 16.6. The molecule has 1 aromatic rings. The van der Waals surface area contributed by atoms with Gasteiger partial charge in [-0.2, -0.15) is 0 Å². The highest BCUT2D eigenvalue weighted by Crippen LogP contribution is 2.18. The van der Waals surface area contributed by atoms with E-state index < -0.39 is 0 Å². The minimum absolute atomic E-state index is 0.137. The minimum atomic E-state index is -0.385. The lowest BCUT2D eigenvalue weighted by atomic mass is 9.99. The van der Waals surface area contributed by atoms with Crippen molar-refractivity contribution in [2.45, 2.75) is 123 Å². The molecule has 1 aromatic carbocycles. The number of rotatable bonds is 19. The molecule has 182 valence electrons. The second-order valence-electron chi connectivity index (χ2n) is 9.18. The zero-order valence-corrected chi connectivity index (χ0v) is 20.8. The molecule has 4 nitrogen and oxygen atoms in total. The van der Waals surface area contributed by atoms with Gasteiger partial charge < -0.3 is 9.47 Å². The Morgan fingerprint density at radius 2 is 1.34 bits per heavy atom. The maximum atomic E-state index is 12.5. The van der Waals surface area contributed by atoms with Crippen molar-refractivity contribution < 1.29 is 19.1 Å². The molecule has 0 bridgehead atoms. The van der Waals surface area contributed by atoms with Crippen LogP contribution < -0.4 is 0 Å². The van der Waals surface area contributed by atoms with Crippen LogP contribution in [-0.4, -0.2) is 18.0 Å². The Morgan fingerprint density at radius 1 is 0.750 bits per heavy atom. The molecule has 0 N–H and O–H groups in total. The Hall–Kier alpha value is -1.84. The van der Waals surface area contributed by atoms with Crippen molar-refractivity contribution in [1.29, 1.82) is 0 Å². The first-order valence-corrected chi connectivity index (χ1v) is 12.9. The first-order chi connectivity index (χ1) is 15.5. The highest BCUT2D eigenvalue weighted by molar-refractivity contribution is 5.72. The predicted octanol–water partition coefficient (Wildman–Crippen LogP) is 7.78. The first-order valence-electron chi connectivity index (χ1n) is 12.9. The molecule has 0 saturated carbocycles. The molecule has 0 fully saturated rings. The molecule has 0 aliphatic heterocycles. The molecule has 1 rings (SSSR count). The SMILES string of the molecule is CCCCCCC[C@@H](C)CC(=O)O[C@H](CCCCCCC)CC(=O)OCc1ccccc1. The summed E-state index contributed by atoms with van der Waals surface area (Å²) >= 11 is 0. The van der Waals surface area contributed by atoms with Crippen molar-refractivity contribution in [3.63, 3.8) is 0 Å². The fraction of sp³-hybridized carbons (Fsp3) is 0.714. The lowest BCUT2D eigenvalue weighted by Crippen LogP contribution is -2.24. The van der Waals surface area contributed by atoms with Crippen LogP contribution in [0.2, 0.25) is 0 Å². The summed E-state index contributed by atoms with van der Waals surface area (Å²) in [6, 6.07) is 9.65. The molecule has 0 spiro atoms. The van der Waals surface area contributed by atoms with Gasteiger partial charge in [-0.1, -0.05) is 115 Å². The molecule has 0 aliphatic carbocycles. The molecule has 0 aliphatic rings. The molecule has 0 radical (unpaired) electrons. The van der Waals surface area contributed by atoms with Gasteiger partial charge in [0.25, 0.3) is 0 Å². The van der Waals surface area contributed by atoms with E-state index in [4.69, 9.17) is 9.47 Å². The van der Waals surface area contributed by atoms with Crippen LogP contribution in [0, 0.1) is 5.92 Å². The summed E-state index contributed by atoms with van der Waals surface area (Å²) in [4.78, 5) is 24.9. The van der Waals surface area contributed by atoms with E-state index in [1.807, 2.05) is 30.3 Å². The lowest BCUT2D eigenvalue weighted by Gasteiger charge is -2.19. The number of unbranched alkanes of at least 4 members (excludes halogenated alkanes) is 8. The molecule has 0 aromatic heterocycles. The number of hydrogen-bond acceptors (Lipinski definition) is 4. The van der Waals surface area contributed by atoms with E-state index in [0.29, 0.717) is 12.3 Å². The number of carbonyl (C=O) groups is 2. The average molecular weight is 447 g/mol. The zero-order valence-electron chi connectivity index (χ0n) is 20.8. The maximum Gasteiger partial charge on any atom is 0.309 e. The van der Waals surface area contributed by atoms with E-state index in [1.165, 1.54) is 51.4 Å². The Labute approximate surface area is 196 Å². The average Bonchev–Trinajstić information content (AvgIpc) is 2.78. The van der Waals surface area contributed by atoms with Crippen LogP contribution in [0.25, 0.3) is 0 Å². The predicted molar refractivity (Wildman–Crippen MR) is 131 cm³/mol. The van der Waals surface area contributed by atoms with Gasteiger partial charge >= 0.3 is 11.9 Å². The number of benzene rings is 1. The van der Waals surface area contributed by atoms with Crippen molar-refractivity contribution in [2.24, 2.45) is 5.92 Å². The normalized spacial score (nSPS) is 12.8. The van der Waals surface area contributed by atoms with Crippen LogP contribution >= 0.6 is 0 Å². The zero-order chi connectivity index (χ0) is 23.4. The first kappa shape index (κ1) is 28.2. The van der Waals surface area contributed by atoms with Gasteiger partial charge in [0.2, 0.25) is 0 Å². The van der Waals surface area contributed by atoms with E-state index in [0.717, 1.165) is 31.2 Å². The third-order valence-corrected chi connectivity index (χ3v) is 5.88. The molecule has 0 heterocycles. The van der Waals surface area contributed by atoms with Gasteiger partial charge in [-0.3, -0.25) is 9.59 Å². The molecule has 2 atom stereocenters. The third-order valence-electron chi connectivity index (χ3n) is 5.88. The van der Waals surface area contributed by atoms with Gasteiger partial charge in [-0.25, -0.2) is 0 Å². The number of carbonyl (C=O) groups excluding carboxylic acids is 2. The minimum Gasteiger partial charge on any atom is -0.462 e. The van der Waals surface area contributed by atoms with Gasteiger partial charge in [0.15, 0.2) is 0 Å². The van der Waals surface area contributed by atoms with Crippen LogP contribution in [0.5, 0.6) is 0 Å². The number of hydrogen-bond donors (Lipinski definition) is 0. The fourth-order valence-electron chi connectivity index (χ4n) is 3.88. The summed E-state index contributed by atoms with van der Waals surface area (Å²) in [6.45, 7) is 6.79. The molecule has 0 unspecified atom stereocenters. The van der Waals surface area contributed by atoms with Gasteiger partial charge in [0.05, 0.1) is 6.42 Å². The number of esters is 2. The topological polar surface area (TPSA) is 52.6 Å². The second-order valence-corrected chi connectivity index (χ2v) is 9.18. The largest absolute Gasteiger partial charge is 0.462 e. The molecular formula is C28H46O4. The number of ether oxygens (including phenoxy) is 2. The van der Waals surface area contributed by atoms with Crippen molar-refractivity contribution in [1.82, 2.24) is 0 Å². The Morgan fingerprint density at radius 3 is 1.97 bits per heavy atom. The summed E-state index contributed by atoms with van der Waals surface area (Å²) in [6.07, 6.45) is 13.9. The highest BCUT2D eigenvalue weighted by Gasteiger charge is 2.20. The Kier molecular flexibility index (Phi) is 16.5. The summed E-state index contributed by atoms with van der Waals surface area (Å²) in [5, 5.41) is 0. The van der Waals surface area contributed by atoms with Crippen LogP contribution in [0.1, 0.15) is 116 Å². The quantitative estimate of drug-likeness (QED) is 0.161. The van der Waals surface area contributed by atoms with E-state index in [2.05, 4.69) is 20.8 Å².